The third-order valence-corrected chi connectivity index (χ3v) is 11.2. The first-order chi connectivity index (χ1) is 20.5. The minimum absolute atomic E-state index is 0.0916. The van der Waals surface area contributed by atoms with E-state index in [1.165, 1.54) is 97.8 Å². The molecule has 0 spiro atoms. The highest BCUT2D eigenvalue weighted by Gasteiger charge is 2.42. The van der Waals surface area contributed by atoms with Gasteiger partial charge in [-0.05, 0) is 46.8 Å². The van der Waals surface area contributed by atoms with Crippen LogP contribution >= 0.6 is 11.3 Å². The Kier molecular flexibility index (Phi) is 4.20. The van der Waals surface area contributed by atoms with Crippen LogP contribution in [0.25, 0.3) is 70.0 Å². The lowest BCUT2D eigenvalue weighted by atomic mass is 9.59. The number of aryl methyl sites for hydroxylation is 1. The molecule has 4 heterocycles. The lowest BCUT2D eigenvalue weighted by Crippen LogP contribution is -2.38. The summed E-state index contributed by atoms with van der Waals surface area (Å²) in [6.45, 7) is 7.06. The molecule has 0 unspecified atom stereocenters. The number of hydrogen-bond donors (Lipinski definition) is 1. The van der Waals surface area contributed by atoms with Gasteiger partial charge in [-0.15, -0.1) is 11.3 Å². The van der Waals surface area contributed by atoms with Crippen molar-refractivity contribution in [1.29, 1.82) is 0 Å². The highest BCUT2D eigenvalue weighted by atomic mass is 32.1. The van der Waals surface area contributed by atoms with Crippen LogP contribution in [0.1, 0.15) is 30.7 Å². The maximum atomic E-state index is 3.90. The van der Waals surface area contributed by atoms with Gasteiger partial charge in [-0.3, -0.25) is 0 Å². The molecule has 0 saturated heterocycles. The largest absolute Gasteiger partial charge is 0.353 e. The summed E-state index contributed by atoms with van der Waals surface area (Å²) in [6.07, 6.45) is 0. The molecule has 0 bridgehead atoms. The third-order valence-electron chi connectivity index (χ3n) is 9.96. The van der Waals surface area contributed by atoms with Gasteiger partial charge in [0, 0.05) is 54.3 Å². The van der Waals surface area contributed by atoms with Crippen molar-refractivity contribution < 1.29 is 0 Å². The van der Waals surface area contributed by atoms with Crippen molar-refractivity contribution >= 4 is 71.7 Å². The zero-order chi connectivity index (χ0) is 27.9. The lowest BCUT2D eigenvalue weighted by Gasteiger charge is -2.29. The number of rotatable bonds is 1. The van der Waals surface area contributed by atoms with Crippen molar-refractivity contribution in [2.24, 2.45) is 0 Å². The second kappa shape index (κ2) is 7.64. The van der Waals surface area contributed by atoms with E-state index in [0.717, 1.165) is 7.28 Å². The van der Waals surface area contributed by atoms with Crippen LogP contribution in [-0.4, -0.2) is 16.8 Å². The molecule has 0 amide bonds. The summed E-state index contributed by atoms with van der Waals surface area (Å²) in [4.78, 5) is 3.90. The molecule has 3 aromatic heterocycles. The Balaban J connectivity index is 1.30. The molecule has 10 rings (SSSR count). The van der Waals surface area contributed by atoms with Crippen LogP contribution in [0.15, 0.2) is 97.1 Å². The minimum atomic E-state index is -0.0916. The SMILES string of the molecule is Cc1cc(-c2cccc3c2[nH]c2c4ccccc4sc32)c2c(c1)-n1c3c(c4cccc(c41)B2)-c1ccccc1C3(C)C. The predicted molar refractivity (Wildman–Crippen MR) is 182 cm³/mol. The molecular formula is C38H27BN2S. The maximum absolute atomic E-state index is 3.90. The van der Waals surface area contributed by atoms with Crippen molar-refractivity contribution in [3.63, 3.8) is 0 Å². The van der Waals surface area contributed by atoms with Crippen LogP contribution in [0.3, 0.4) is 0 Å². The molecule has 0 radical (unpaired) electrons. The van der Waals surface area contributed by atoms with Gasteiger partial charge in [0.1, 0.15) is 0 Å². The molecule has 1 aliphatic heterocycles. The zero-order valence-electron chi connectivity index (χ0n) is 23.8. The number of benzene rings is 5. The lowest BCUT2D eigenvalue weighted by molar-refractivity contribution is 0.624. The first-order valence-corrected chi connectivity index (χ1v) is 15.7. The number of aromatic amines is 1. The Morgan fingerprint density at radius 1 is 0.738 bits per heavy atom. The number of fused-ring (bicyclic) bond motifs is 12. The average molecular weight is 555 g/mol. The summed E-state index contributed by atoms with van der Waals surface area (Å²) >= 11 is 1.89. The Bertz CT molecular complexity index is 2490. The minimum Gasteiger partial charge on any atom is -0.353 e. The fourth-order valence-electron chi connectivity index (χ4n) is 8.23. The average Bonchev–Trinajstić information content (AvgIpc) is 3.71. The molecule has 42 heavy (non-hydrogen) atoms. The molecule has 5 aromatic carbocycles. The second-order valence-corrected chi connectivity index (χ2v) is 13.7. The Morgan fingerprint density at radius 3 is 2.43 bits per heavy atom. The van der Waals surface area contributed by atoms with Crippen molar-refractivity contribution in [2.75, 3.05) is 0 Å². The van der Waals surface area contributed by atoms with Crippen molar-refractivity contribution in [2.45, 2.75) is 26.2 Å². The van der Waals surface area contributed by atoms with E-state index in [1.54, 1.807) is 0 Å². The van der Waals surface area contributed by atoms with E-state index in [0.29, 0.717) is 0 Å². The topological polar surface area (TPSA) is 20.7 Å². The fourth-order valence-corrected chi connectivity index (χ4v) is 9.42. The molecule has 2 aliphatic rings. The molecule has 0 saturated carbocycles. The smallest absolute Gasteiger partial charge is 0.198 e. The van der Waals surface area contributed by atoms with Crippen LogP contribution in [0, 0.1) is 6.92 Å². The van der Waals surface area contributed by atoms with E-state index >= 15 is 0 Å². The number of hydrogen-bond acceptors (Lipinski definition) is 1. The zero-order valence-corrected chi connectivity index (χ0v) is 24.6. The summed E-state index contributed by atoms with van der Waals surface area (Å²) in [6, 6.07) is 36.4. The Hall–Kier alpha value is -4.54. The van der Waals surface area contributed by atoms with Gasteiger partial charge in [0.25, 0.3) is 0 Å². The molecular weight excluding hydrogens is 527 g/mol. The highest BCUT2D eigenvalue weighted by Crippen LogP contribution is 2.53. The quantitative estimate of drug-likeness (QED) is 0.197. The van der Waals surface area contributed by atoms with E-state index in [2.05, 4.69) is 127 Å². The van der Waals surface area contributed by atoms with Crippen molar-refractivity contribution in [3.8, 4) is 27.9 Å². The normalized spacial score (nSPS) is 14.5. The summed E-state index contributed by atoms with van der Waals surface area (Å²) < 4.78 is 5.32. The van der Waals surface area contributed by atoms with Crippen LogP contribution in [0.4, 0.5) is 0 Å². The molecule has 2 nitrogen and oxygen atoms in total. The van der Waals surface area contributed by atoms with Crippen LogP contribution < -0.4 is 10.9 Å². The van der Waals surface area contributed by atoms with Gasteiger partial charge in [-0.2, -0.15) is 0 Å². The van der Waals surface area contributed by atoms with Gasteiger partial charge in [0.05, 0.1) is 15.7 Å². The number of thiophene rings is 1. The summed E-state index contributed by atoms with van der Waals surface area (Å²) in [5, 5.41) is 4.01. The number of nitrogens with one attached hydrogen (secondary N) is 1. The van der Waals surface area contributed by atoms with Crippen molar-refractivity contribution in [3.05, 3.63) is 114 Å². The van der Waals surface area contributed by atoms with E-state index in [9.17, 15) is 0 Å². The molecule has 4 heteroatoms. The van der Waals surface area contributed by atoms with E-state index in [-0.39, 0.29) is 5.41 Å². The predicted octanol–water partition coefficient (Wildman–Crippen LogP) is 8.46. The highest BCUT2D eigenvalue weighted by molar-refractivity contribution is 7.26. The number of aromatic nitrogens is 2. The number of nitrogens with zero attached hydrogens (tertiary/aromatic N) is 1. The first-order valence-electron chi connectivity index (χ1n) is 14.8. The Labute approximate surface area is 248 Å². The second-order valence-electron chi connectivity index (χ2n) is 12.7. The van der Waals surface area contributed by atoms with Gasteiger partial charge in [-0.25, -0.2) is 0 Å². The van der Waals surface area contributed by atoms with Crippen LogP contribution in [0.2, 0.25) is 0 Å². The molecule has 8 aromatic rings. The van der Waals surface area contributed by atoms with Gasteiger partial charge in [0.15, 0.2) is 7.28 Å². The monoisotopic (exact) mass is 554 g/mol. The summed E-state index contributed by atoms with van der Waals surface area (Å²) in [7, 11) is 0.932. The van der Waals surface area contributed by atoms with Crippen LogP contribution in [0.5, 0.6) is 0 Å². The first kappa shape index (κ1) is 23.1. The molecule has 1 aliphatic carbocycles. The molecule has 0 atom stereocenters. The maximum Gasteiger partial charge on any atom is 0.198 e. The third kappa shape index (κ3) is 2.68. The van der Waals surface area contributed by atoms with E-state index in [4.69, 9.17) is 0 Å². The standard InChI is InChI=1S/C38H27BN2S/c1-20-18-26(21-12-8-14-25-33(21)40-34-23-11-5-7-17-30(23)42-36(25)34)32-29(19-20)41-35-24(13-9-16-28(35)39-32)31-22-10-4-6-15-27(22)38(2,3)37(31)41/h4-19,39-40H,1-3H3. The molecule has 1 N–H and O–H groups in total. The number of H-pyrrole nitrogens is 1. The summed E-state index contributed by atoms with van der Waals surface area (Å²) in [5.74, 6) is 0. The van der Waals surface area contributed by atoms with Gasteiger partial charge < -0.3 is 9.55 Å². The molecule has 198 valence electrons. The van der Waals surface area contributed by atoms with E-state index in [1.807, 2.05) is 11.3 Å². The van der Waals surface area contributed by atoms with Crippen molar-refractivity contribution in [1.82, 2.24) is 9.55 Å². The van der Waals surface area contributed by atoms with Gasteiger partial charge in [0.2, 0.25) is 0 Å². The Morgan fingerprint density at radius 2 is 1.50 bits per heavy atom. The molecule has 0 fully saturated rings. The fraction of sp³-hybridized carbons (Fsp3) is 0.105. The number of para-hydroxylation sites is 2. The van der Waals surface area contributed by atoms with Gasteiger partial charge in [-0.1, -0.05) is 104 Å². The van der Waals surface area contributed by atoms with Crippen LogP contribution in [-0.2, 0) is 5.41 Å². The van der Waals surface area contributed by atoms with Gasteiger partial charge >= 0.3 is 0 Å². The summed E-state index contributed by atoms with van der Waals surface area (Å²) in [5.41, 5.74) is 17.6. The van der Waals surface area contributed by atoms with E-state index < -0.39 is 0 Å².